The van der Waals surface area contributed by atoms with Crippen LogP contribution >= 0.6 is 0 Å². The number of imidazole rings is 1. The lowest BCUT2D eigenvalue weighted by atomic mass is 10.2. The molecular formula is C97H129N29O12S5. The van der Waals surface area contributed by atoms with Gasteiger partial charge in [-0.05, 0) is 162 Å². The smallest absolute Gasteiger partial charge is 0.239 e. The molecule has 10 fully saturated rings. The zero-order chi connectivity index (χ0) is 101. The van der Waals surface area contributed by atoms with E-state index >= 15 is 0 Å². The van der Waals surface area contributed by atoms with Gasteiger partial charge in [0.25, 0.3) is 0 Å². The van der Waals surface area contributed by atoms with Crippen LogP contribution in [0.1, 0.15) is 96.0 Å². The number of nitrogens with zero attached hydrogens (tertiary/aromatic N) is 25. The fraction of sp³-hybridized carbons (Fsp3) is 0.505. The summed E-state index contributed by atoms with van der Waals surface area (Å²) in [6.07, 6.45) is 14.3. The van der Waals surface area contributed by atoms with Gasteiger partial charge in [-0.1, -0.05) is 24.3 Å². The Balaban J connectivity index is 0.000000123. The summed E-state index contributed by atoms with van der Waals surface area (Å²) in [6, 6.07) is 36.2. The maximum absolute atomic E-state index is 13.2. The highest BCUT2D eigenvalue weighted by Crippen LogP contribution is 2.40. The van der Waals surface area contributed by atoms with Gasteiger partial charge in [-0.15, -0.1) is 0 Å². The lowest BCUT2D eigenvalue weighted by molar-refractivity contribution is 0.0430. The van der Waals surface area contributed by atoms with Crippen molar-refractivity contribution >= 4 is 141 Å². The van der Waals surface area contributed by atoms with Crippen LogP contribution < -0.4 is 47.4 Å². The molecule has 0 spiro atoms. The van der Waals surface area contributed by atoms with Crippen molar-refractivity contribution in [3.8, 4) is 51.5 Å². The first-order valence-electron chi connectivity index (χ1n) is 48.2. The molecule has 2 unspecified atom stereocenters. The molecule has 0 bridgehead atoms. The van der Waals surface area contributed by atoms with Gasteiger partial charge in [-0.2, -0.15) is 31.8 Å². The number of hydrogen-bond acceptors (Lipinski definition) is 40. The minimum Gasteiger partial charge on any atom is -0.399 e. The topological polar surface area (TPSA) is 517 Å². The summed E-state index contributed by atoms with van der Waals surface area (Å²) in [7, 11) is -11.9. The molecule has 7 aliphatic heterocycles. The second-order valence-electron chi connectivity index (χ2n) is 38.2. The zero-order valence-corrected chi connectivity index (χ0v) is 87.4. The second kappa shape index (κ2) is 43.8. The molecule has 10 aliphatic rings. The number of pyridine rings is 3. The number of aromatic nitrogens is 15. The molecule has 46 heteroatoms. The van der Waals surface area contributed by atoms with Gasteiger partial charge in [0, 0.05) is 155 Å². The predicted molar refractivity (Wildman–Crippen MR) is 564 cm³/mol. The molecule has 10 atom stereocenters. The average molecular weight is 2050 g/mol. The summed E-state index contributed by atoms with van der Waals surface area (Å²) in [5, 5.41) is 0.345. The van der Waals surface area contributed by atoms with Crippen LogP contribution in [0.4, 0.5) is 81.3 Å². The fourth-order valence-corrected chi connectivity index (χ4v) is 24.8. The number of ether oxygens (including phenoxy) is 7. The SMILES string of the molecule is C[C@@H]1COCCN1c1cc(N=S(C)(=O)C2COC2)nc(-c2cccc(N)c2)n1.Cc1cc(-c2nc(N=S(C)(=O)C3CC3)cc(N3CCOC[C@H]3C)n2)cc(N)n1.Cc1cc(-c2nc(N=[S@@](C)(=O)C3CC3)cc(N3CCOC[C@H]3C)n2)cc(N)n1.Cc1cc(-c2nc(N=[S@](C)(=O)C3CC3)cc(N3CCOC[C@H]3C)n2)cc(N)n1.Cc1nc2ccccc2n1-c1nc(N=[S@@](C)(=O)C2COC2)cc(N2CCOC[C@H]2C)n1. The highest BCUT2D eigenvalue weighted by molar-refractivity contribution is 7.95. The summed E-state index contributed by atoms with van der Waals surface area (Å²) >= 11 is 0. The maximum Gasteiger partial charge on any atom is 0.239 e. The molecule has 41 nitrogen and oxygen atoms in total. The monoisotopic (exact) mass is 2050 g/mol. The van der Waals surface area contributed by atoms with E-state index in [0.29, 0.717) is 174 Å². The highest BCUT2D eigenvalue weighted by Gasteiger charge is 2.37. The number of rotatable bonds is 20. The van der Waals surface area contributed by atoms with E-state index in [1.807, 2.05) is 123 Å². The molecule has 11 aromatic rings. The van der Waals surface area contributed by atoms with E-state index in [4.69, 9.17) is 86.0 Å². The van der Waals surface area contributed by atoms with E-state index in [9.17, 15) is 21.0 Å². The number of fused-ring (bicyclic) bond motifs is 1. The number of morpholine rings is 5. The first-order chi connectivity index (χ1) is 68.3. The van der Waals surface area contributed by atoms with Crippen molar-refractivity contribution in [2.24, 2.45) is 21.8 Å². The van der Waals surface area contributed by atoms with Crippen LogP contribution in [0.2, 0.25) is 0 Å². The third kappa shape index (κ3) is 25.9. The highest BCUT2D eigenvalue weighted by atomic mass is 32.2. The quantitative estimate of drug-likeness (QED) is 0.0515. The van der Waals surface area contributed by atoms with Crippen molar-refractivity contribution in [3.05, 3.63) is 138 Å². The van der Waals surface area contributed by atoms with Crippen LogP contribution in [0.25, 0.3) is 62.5 Å². The van der Waals surface area contributed by atoms with Gasteiger partial charge in [0.05, 0.1) is 193 Å². The molecule has 16 heterocycles. The number of nitrogen functional groups attached to an aromatic ring is 4. The van der Waals surface area contributed by atoms with E-state index in [-0.39, 0.29) is 56.5 Å². The molecule has 143 heavy (non-hydrogen) atoms. The molecule has 0 radical (unpaired) electrons. The molecule has 21 rings (SSSR count). The first kappa shape index (κ1) is 103. The number of aryl methyl sites for hydroxylation is 4. The standard InChI is InChI=1S/C21H26N6O3S.3C19H26N6O2S.C19H25N5O3S/c1-14-11-29-9-8-26(14)20-10-19(25-31(3,28)16-12-30-13-16)23-21(24-20)27-15(2)22-17-6-4-5-7-18(17)27;3*1-12-8-14(9-16(20)21-12)19-22-17(24-28(3,26)15-4-5-15)10-18(23-19)25-6-7-27-11-13(25)2;1-13-10-26-7-6-24(13)18-9-17(23-28(2,25)16-11-27-12-16)21-19(22-18)14-4-3-5-15(20)8-14/h4-7,10,14,16H,8-9,11-13H2,1-3H3;3*8-10,13,15H,4-7,11H2,1-3H3,(H2,20,21);3-5,8-9,13,16H,6-7,10-12,20H2,1-2H3/t14-,31+;13-,28?;13-,28+;13-,28-;13-,28?/m11111/s1. The normalized spacial score (nSPS) is 22.0. The summed E-state index contributed by atoms with van der Waals surface area (Å²) in [5.41, 5.74) is 31.6. The van der Waals surface area contributed by atoms with Crippen molar-refractivity contribution in [2.45, 2.75) is 157 Å². The Hall–Kier alpha value is -11.6. The van der Waals surface area contributed by atoms with Crippen molar-refractivity contribution in [2.75, 3.05) is 204 Å². The molecule has 3 saturated carbocycles. The lowest BCUT2D eigenvalue weighted by Gasteiger charge is -2.34. The number of benzene rings is 2. The molecule has 764 valence electrons. The van der Waals surface area contributed by atoms with Gasteiger partial charge in [-0.3, -0.25) is 4.57 Å². The van der Waals surface area contributed by atoms with Crippen molar-refractivity contribution in [1.29, 1.82) is 0 Å². The molecule has 0 amide bonds. The van der Waals surface area contributed by atoms with Crippen LogP contribution in [0.5, 0.6) is 0 Å². The minimum absolute atomic E-state index is 0.0657. The molecule has 9 aromatic heterocycles. The Morgan fingerprint density at radius 3 is 0.881 bits per heavy atom. The number of anilines is 9. The van der Waals surface area contributed by atoms with E-state index in [1.54, 1.807) is 55.5 Å². The third-order valence-electron chi connectivity index (χ3n) is 25.8. The zero-order valence-electron chi connectivity index (χ0n) is 83.4. The molecule has 2 aromatic carbocycles. The van der Waals surface area contributed by atoms with E-state index in [0.717, 1.165) is 157 Å². The van der Waals surface area contributed by atoms with Crippen LogP contribution in [0.15, 0.2) is 137 Å². The maximum atomic E-state index is 13.2. The third-order valence-corrected chi connectivity index (χ3v) is 36.7. The largest absolute Gasteiger partial charge is 0.399 e. The Labute approximate surface area is 836 Å². The van der Waals surface area contributed by atoms with E-state index < -0.39 is 48.6 Å². The number of para-hydroxylation sites is 2. The van der Waals surface area contributed by atoms with Crippen molar-refractivity contribution in [3.63, 3.8) is 0 Å². The molecule has 3 aliphatic carbocycles. The Morgan fingerprint density at radius 2 is 0.594 bits per heavy atom. The van der Waals surface area contributed by atoms with Crippen molar-refractivity contribution in [1.82, 2.24) is 74.3 Å². The fourth-order valence-electron chi connectivity index (χ4n) is 17.3. The second-order valence-corrected chi connectivity index (χ2v) is 51.0. The Bertz CT molecular complexity index is 6770. The molecule has 8 N–H and O–H groups in total. The van der Waals surface area contributed by atoms with Gasteiger partial charge < -0.3 is 80.6 Å². The van der Waals surface area contributed by atoms with Crippen molar-refractivity contribution < 1.29 is 54.2 Å². The summed E-state index contributed by atoms with van der Waals surface area (Å²) in [4.78, 5) is 75.3. The molecule has 7 saturated heterocycles. The predicted octanol–water partition coefficient (Wildman–Crippen LogP) is 12.2. The summed E-state index contributed by atoms with van der Waals surface area (Å²) in [5.74, 6) is 10.5. The van der Waals surface area contributed by atoms with Gasteiger partial charge in [0.15, 0.2) is 52.4 Å². The van der Waals surface area contributed by atoms with Crippen LogP contribution in [-0.4, -0.2) is 308 Å². The van der Waals surface area contributed by atoms with Gasteiger partial charge in [0.2, 0.25) is 5.95 Å². The van der Waals surface area contributed by atoms with Crippen LogP contribution in [-0.2, 0) is 81.8 Å². The Kier molecular flexibility index (Phi) is 31.5. The van der Waals surface area contributed by atoms with E-state index in [2.05, 4.69) is 121 Å². The average Bonchev–Trinajstić information content (AvgIpc) is 1.67. The molecular weight excluding hydrogens is 1920 g/mol. The van der Waals surface area contributed by atoms with Gasteiger partial charge in [0.1, 0.15) is 52.4 Å². The van der Waals surface area contributed by atoms with Gasteiger partial charge in [-0.25, -0.2) is 80.9 Å². The van der Waals surface area contributed by atoms with E-state index in [1.165, 1.54) is 0 Å². The van der Waals surface area contributed by atoms with Gasteiger partial charge >= 0.3 is 0 Å². The lowest BCUT2D eigenvalue weighted by Crippen LogP contribution is -2.44. The summed E-state index contributed by atoms with van der Waals surface area (Å²) in [6.45, 7) is 30.0. The summed E-state index contributed by atoms with van der Waals surface area (Å²) < 4.78 is 128. The Morgan fingerprint density at radius 1 is 0.301 bits per heavy atom. The van der Waals surface area contributed by atoms with Crippen LogP contribution in [0, 0.1) is 27.7 Å². The van der Waals surface area contributed by atoms with Crippen LogP contribution in [0.3, 0.4) is 0 Å². The minimum atomic E-state index is -2.48. The number of nitrogens with two attached hydrogens (primary N) is 4. The number of hydrogen-bond donors (Lipinski definition) is 4. The first-order valence-corrected chi connectivity index (χ1v) is 58.1.